The minimum absolute atomic E-state index is 0.0538. The highest BCUT2D eigenvalue weighted by Crippen LogP contribution is 2.44. The van der Waals surface area contributed by atoms with Gasteiger partial charge < -0.3 is 10.2 Å². The van der Waals surface area contributed by atoms with Crippen molar-refractivity contribution < 1.29 is 4.79 Å². The van der Waals surface area contributed by atoms with Crippen molar-refractivity contribution in [3.8, 4) is 0 Å². The van der Waals surface area contributed by atoms with Gasteiger partial charge in [-0.1, -0.05) is 42.5 Å². The molecule has 1 aliphatic heterocycles. The van der Waals surface area contributed by atoms with Gasteiger partial charge in [-0.15, -0.1) is 22.7 Å². The van der Waals surface area contributed by atoms with Crippen LogP contribution >= 0.6 is 22.7 Å². The summed E-state index contributed by atoms with van der Waals surface area (Å²) in [7, 11) is 0. The Morgan fingerprint density at radius 1 is 0.882 bits per heavy atom. The van der Waals surface area contributed by atoms with Gasteiger partial charge in [0.15, 0.2) is 0 Å². The van der Waals surface area contributed by atoms with Crippen LogP contribution < -0.4 is 10.2 Å². The van der Waals surface area contributed by atoms with Crippen molar-refractivity contribution in [2.75, 3.05) is 36.4 Å². The van der Waals surface area contributed by atoms with Crippen LogP contribution in [0.1, 0.15) is 37.3 Å². The van der Waals surface area contributed by atoms with Crippen LogP contribution in [0.15, 0.2) is 78.2 Å². The Morgan fingerprint density at radius 3 is 2.21 bits per heavy atom. The normalized spacial score (nSPS) is 15.3. The van der Waals surface area contributed by atoms with E-state index in [1.807, 2.05) is 30.3 Å². The number of hydrogen-bond donors (Lipinski definition) is 1. The van der Waals surface area contributed by atoms with E-state index in [4.69, 9.17) is 0 Å². The van der Waals surface area contributed by atoms with Crippen LogP contribution in [-0.4, -0.2) is 37.0 Å². The summed E-state index contributed by atoms with van der Waals surface area (Å²) in [5.74, 6) is -0.0538. The van der Waals surface area contributed by atoms with E-state index in [0.29, 0.717) is 5.56 Å². The Labute approximate surface area is 209 Å². The second kappa shape index (κ2) is 10.1. The maximum Gasteiger partial charge on any atom is 0.256 e. The summed E-state index contributed by atoms with van der Waals surface area (Å²) in [6.07, 6.45) is 0. The third-order valence-corrected chi connectivity index (χ3v) is 8.64. The van der Waals surface area contributed by atoms with E-state index in [1.165, 1.54) is 26.6 Å². The molecule has 3 heterocycles. The summed E-state index contributed by atoms with van der Waals surface area (Å²) < 4.78 is 0. The van der Waals surface area contributed by atoms with Crippen molar-refractivity contribution in [2.45, 2.75) is 19.9 Å². The maximum absolute atomic E-state index is 13.1. The van der Waals surface area contributed by atoms with E-state index in [0.717, 1.165) is 31.2 Å². The molecule has 1 saturated heterocycles. The number of piperazine rings is 1. The molecule has 2 aromatic carbocycles. The third-order valence-electron chi connectivity index (χ3n) is 6.58. The minimum atomic E-state index is -0.0538. The number of hydrogen-bond acceptors (Lipinski definition) is 5. The van der Waals surface area contributed by atoms with Crippen LogP contribution in [0.5, 0.6) is 0 Å². The number of aryl methyl sites for hydroxylation is 1. The quantitative estimate of drug-likeness (QED) is 0.333. The molecule has 0 radical (unpaired) electrons. The van der Waals surface area contributed by atoms with Crippen molar-refractivity contribution in [1.82, 2.24) is 4.90 Å². The van der Waals surface area contributed by atoms with Gasteiger partial charge in [-0.2, -0.15) is 0 Å². The van der Waals surface area contributed by atoms with Crippen molar-refractivity contribution in [3.63, 3.8) is 0 Å². The zero-order chi connectivity index (χ0) is 23.5. The lowest BCUT2D eigenvalue weighted by molar-refractivity contribution is 0.102. The predicted molar refractivity (Wildman–Crippen MR) is 145 cm³/mol. The zero-order valence-electron chi connectivity index (χ0n) is 19.5. The van der Waals surface area contributed by atoms with Crippen LogP contribution in [0.3, 0.4) is 0 Å². The molecule has 5 rings (SSSR count). The molecule has 4 nitrogen and oxygen atoms in total. The summed E-state index contributed by atoms with van der Waals surface area (Å²) in [5.41, 5.74) is 4.48. The number of carbonyl (C=O) groups excluding carboxylic acids is 1. The average Bonchev–Trinajstić information content (AvgIpc) is 3.50. The molecular weight excluding hydrogens is 458 g/mol. The van der Waals surface area contributed by atoms with E-state index < -0.39 is 0 Å². The molecule has 1 aliphatic rings. The summed E-state index contributed by atoms with van der Waals surface area (Å²) in [4.78, 5) is 20.7. The first-order valence-electron chi connectivity index (χ1n) is 11.7. The molecule has 1 atom stereocenters. The Kier molecular flexibility index (Phi) is 6.81. The molecule has 0 bridgehead atoms. The van der Waals surface area contributed by atoms with Crippen LogP contribution in [-0.2, 0) is 0 Å². The lowest BCUT2D eigenvalue weighted by Gasteiger charge is -2.40. The molecular formula is C28H29N3OS2. The Bertz CT molecular complexity index is 1230. The van der Waals surface area contributed by atoms with Crippen molar-refractivity contribution in [2.24, 2.45) is 0 Å². The van der Waals surface area contributed by atoms with Crippen LogP contribution in [0, 0.1) is 13.8 Å². The van der Waals surface area contributed by atoms with Gasteiger partial charge in [0.05, 0.1) is 6.04 Å². The lowest BCUT2D eigenvalue weighted by atomic mass is 9.99. The summed E-state index contributed by atoms with van der Waals surface area (Å²) in [6, 6.07) is 24.6. The van der Waals surface area contributed by atoms with Crippen LogP contribution in [0.2, 0.25) is 0 Å². The van der Waals surface area contributed by atoms with E-state index in [9.17, 15) is 4.79 Å². The zero-order valence-corrected chi connectivity index (χ0v) is 21.2. The van der Waals surface area contributed by atoms with Gasteiger partial charge in [0, 0.05) is 52.7 Å². The van der Waals surface area contributed by atoms with Gasteiger partial charge in [-0.05, 0) is 55.1 Å². The highest BCUT2D eigenvalue weighted by Gasteiger charge is 2.32. The standard InChI is InChI=1S/C28H29N3OS2/c1-20-21(2)34-28(29-27(32)22-10-5-3-6-11-22)25(20)26(24-14-9-19-33-24)31-17-15-30(16-18-31)23-12-7-4-8-13-23/h3-14,19,26H,15-18H2,1-2H3,(H,29,32)/t26-/m1/s1. The van der Waals surface area contributed by atoms with E-state index in [-0.39, 0.29) is 11.9 Å². The number of anilines is 2. The van der Waals surface area contributed by atoms with E-state index >= 15 is 0 Å². The smallest absolute Gasteiger partial charge is 0.256 e. The number of benzene rings is 2. The summed E-state index contributed by atoms with van der Waals surface area (Å²) >= 11 is 3.48. The van der Waals surface area contributed by atoms with Gasteiger partial charge in [-0.3, -0.25) is 9.69 Å². The molecule has 2 aromatic heterocycles. The fourth-order valence-corrected chi connectivity index (χ4v) is 6.62. The number of nitrogens with zero attached hydrogens (tertiary/aromatic N) is 2. The monoisotopic (exact) mass is 487 g/mol. The van der Waals surface area contributed by atoms with Crippen molar-refractivity contribution in [1.29, 1.82) is 0 Å². The molecule has 174 valence electrons. The van der Waals surface area contributed by atoms with Gasteiger partial charge >= 0.3 is 0 Å². The molecule has 6 heteroatoms. The second-order valence-electron chi connectivity index (χ2n) is 8.62. The summed E-state index contributed by atoms with van der Waals surface area (Å²) in [5, 5.41) is 6.37. The largest absolute Gasteiger partial charge is 0.369 e. The van der Waals surface area contributed by atoms with E-state index in [2.05, 4.69) is 76.8 Å². The number of para-hydroxylation sites is 1. The molecule has 4 aromatic rings. The highest BCUT2D eigenvalue weighted by molar-refractivity contribution is 7.16. The Balaban J connectivity index is 1.45. The Morgan fingerprint density at radius 2 is 1.56 bits per heavy atom. The number of amides is 1. The molecule has 1 fully saturated rings. The first kappa shape index (κ1) is 22.8. The fraction of sp³-hybridized carbons (Fsp3) is 0.250. The molecule has 0 saturated carbocycles. The first-order valence-corrected chi connectivity index (χ1v) is 13.3. The fourth-order valence-electron chi connectivity index (χ4n) is 4.66. The average molecular weight is 488 g/mol. The van der Waals surface area contributed by atoms with Crippen molar-refractivity contribution >= 4 is 39.3 Å². The topological polar surface area (TPSA) is 35.6 Å². The molecule has 0 unspecified atom stereocenters. The molecule has 34 heavy (non-hydrogen) atoms. The number of carbonyl (C=O) groups is 1. The van der Waals surface area contributed by atoms with Crippen molar-refractivity contribution in [3.05, 3.63) is 105 Å². The minimum Gasteiger partial charge on any atom is -0.369 e. The first-order chi connectivity index (χ1) is 16.6. The predicted octanol–water partition coefficient (Wildman–Crippen LogP) is 6.59. The maximum atomic E-state index is 13.1. The van der Waals surface area contributed by atoms with Gasteiger partial charge in [0.2, 0.25) is 0 Å². The van der Waals surface area contributed by atoms with Crippen LogP contribution in [0.4, 0.5) is 10.7 Å². The number of nitrogens with one attached hydrogen (secondary N) is 1. The lowest BCUT2D eigenvalue weighted by Crippen LogP contribution is -2.48. The molecule has 1 amide bonds. The number of thiophene rings is 2. The Hall–Kier alpha value is -2.93. The molecule has 0 aliphatic carbocycles. The van der Waals surface area contributed by atoms with E-state index in [1.54, 1.807) is 22.7 Å². The molecule has 1 N–H and O–H groups in total. The van der Waals surface area contributed by atoms with Gasteiger partial charge in [-0.25, -0.2) is 0 Å². The SMILES string of the molecule is Cc1sc(NC(=O)c2ccccc2)c([C@@H](c2cccs2)N2CCN(c3ccccc3)CC2)c1C. The molecule has 0 spiro atoms. The van der Waals surface area contributed by atoms with Gasteiger partial charge in [0.25, 0.3) is 5.91 Å². The number of rotatable bonds is 6. The second-order valence-corrected chi connectivity index (χ2v) is 10.8. The highest BCUT2D eigenvalue weighted by atomic mass is 32.1. The summed E-state index contributed by atoms with van der Waals surface area (Å²) in [6.45, 7) is 8.26. The van der Waals surface area contributed by atoms with Crippen LogP contribution in [0.25, 0.3) is 0 Å². The third kappa shape index (κ3) is 4.67. The van der Waals surface area contributed by atoms with Gasteiger partial charge in [0.1, 0.15) is 5.00 Å².